The van der Waals surface area contributed by atoms with E-state index in [-0.39, 0.29) is 48.1 Å². The highest BCUT2D eigenvalue weighted by atomic mass is 35.5. The summed E-state index contributed by atoms with van der Waals surface area (Å²) in [6.45, 7) is 4.63. The van der Waals surface area contributed by atoms with E-state index in [1.807, 2.05) is 19.9 Å². The summed E-state index contributed by atoms with van der Waals surface area (Å²) in [4.78, 5) is 16.9. The van der Waals surface area contributed by atoms with Crippen molar-refractivity contribution >= 4 is 39.3 Å². The number of rotatable bonds is 8. The molecular formula is C22H28Cl2N4O5S. The van der Waals surface area contributed by atoms with Crippen molar-refractivity contribution in [1.82, 2.24) is 14.6 Å². The summed E-state index contributed by atoms with van der Waals surface area (Å²) >= 11 is 12.9. The highest BCUT2D eigenvalue weighted by molar-refractivity contribution is 7.86. The van der Waals surface area contributed by atoms with E-state index in [2.05, 4.69) is 10.3 Å². The standard InChI is InChI=1S/C22H28Cl2N4O5S/c1-13(2)17-10-16(12-27-22(17)32-3)33-20-18(23)5-4-15(19(20)24)11-26-21(29)14-6-8-28(9-7-14)34(25,30)31/h4-5,10,12-14H,6-9,11H2,1-3H3,(H,26,29)(H2,25,30,31). The third kappa shape index (κ3) is 6.31. The van der Waals surface area contributed by atoms with Crippen LogP contribution in [0.3, 0.4) is 0 Å². The number of carbonyl (C=O) groups is 1. The van der Waals surface area contributed by atoms with E-state index in [9.17, 15) is 13.2 Å². The number of carbonyl (C=O) groups excluding carboxylic acids is 1. The van der Waals surface area contributed by atoms with E-state index >= 15 is 0 Å². The van der Waals surface area contributed by atoms with E-state index < -0.39 is 10.2 Å². The van der Waals surface area contributed by atoms with E-state index in [4.69, 9.17) is 37.8 Å². The predicted molar refractivity (Wildman–Crippen MR) is 131 cm³/mol. The fraction of sp³-hybridized carbons (Fsp3) is 0.455. The molecule has 3 N–H and O–H groups in total. The number of hydrogen-bond donors (Lipinski definition) is 2. The minimum absolute atomic E-state index is 0.162. The highest BCUT2D eigenvalue weighted by Crippen LogP contribution is 2.39. The average Bonchev–Trinajstić information content (AvgIpc) is 2.80. The second-order valence-electron chi connectivity index (χ2n) is 8.31. The number of pyridine rings is 1. The van der Waals surface area contributed by atoms with Gasteiger partial charge in [0.15, 0.2) is 5.75 Å². The molecule has 12 heteroatoms. The van der Waals surface area contributed by atoms with Crippen molar-refractivity contribution in [2.45, 2.75) is 39.2 Å². The number of halogens is 2. The van der Waals surface area contributed by atoms with Crippen molar-refractivity contribution in [3.8, 4) is 17.4 Å². The number of amides is 1. The molecule has 2 aromatic rings. The first kappa shape index (κ1) is 26.5. The van der Waals surface area contributed by atoms with Gasteiger partial charge in [0, 0.05) is 31.1 Å². The molecule has 1 aromatic heterocycles. The van der Waals surface area contributed by atoms with Crippen LogP contribution in [0, 0.1) is 5.92 Å². The SMILES string of the molecule is COc1ncc(Oc2c(Cl)ccc(CNC(=O)C3CCN(S(N)(=O)=O)CC3)c2Cl)cc1C(C)C. The molecule has 9 nitrogen and oxygen atoms in total. The van der Waals surface area contributed by atoms with Crippen LogP contribution in [0.15, 0.2) is 24.4 Å². The monoisotopic (exact) mass is 530 g/mol. The summed E-state index contributed by atoms with van der Waals surface area (Å²) in [5.74, 6) is 0.915. The maximum absolute atomic E-state index is 12.6. The maximum atomic E-state index is 12.6. The van der Waals surface area contributed by atoms with Crippen LogP contribution in [0.1, 0.15) is 43.7 Å². The lowest BCUT2D eigenvalue weighted by atomic mass is 9.97. The van der Waals surface area contributed by atoms with Crippen molar-refractivity contribution in [2.24, 2.45) is 11.1 Å². The second-order valence-corrected chi connectivity index (χ2v) is 10.6. The molecule has 1 aliphatic rings. The zero-order valence-electron chi connectivity index (χ0n) is 19.2. The molecule has 1 fully saturated rings. The summed E-state index contributed by atoms with van der Waals surface area (Å²) < 4.78 is 35.3. The van der Waals surface area contributed by atoms with Crippen molar-refractivity contribution in [1.29, 1.82) is 0 Å². The minimum atomic E-state index is -3.74. The number of ether oxygens (including phenoxy) is 2. The van der Waals surface area contributed by atoms with Gasteiger partial charge < -0.3 is 14.8 Å². The molecule has 0 aliphatic carbocycles. The van der Waals surface area contributed by atoms with Crippen molar-refractivity contribution < 1.29 is 22.7 Å². The van der Waals surface area contributed by atoms with Gasteiger partial charge in [-0.25, -0.2) is 10.1 Å². The van der Waals surface area contributed by atoms with Crippen LogP contribution in [-0.4, -0.2) is 43.8 Å². The van der Waals surface area contributed by atoms with Gasteiger partial charge in [-0.1, -0.05) is 43.1 Å². The maximum Gasteiger partial charge on any atom is 0.276 e. The van der Waals surface area contributed by atoms with Crippen LogP contribution >= 0.6 is 23.2 Å². The Kier molecular flexibility index (Phi) is 8.64. The van der Waals surface area contributed by atoms with Crippen molar-refractivity contribution in [3.63, 3.8) is 0 Å². The zero-order valence-corrected chi connectivity index (χ0v) is 21.5. The molecule has 1 aromatic carbocycles. The summed E-state index contributed by atoms with van der Waals surface area (Å²) in [7, 11) is -2.18. The summed E-state index contributed by atoms with van der Waals surface area (Å²) in [6, 6.07) is 5.19. The Bertz CT molecular complexity index is 1150. The minimum Gasteiger partial charge on any atom is -0.481 e. The number of piperidine rings is 1. The Morgan fingerprint density at radius 3 is 2.56 bits per heavy atom. The molecule has 1 aliphatic heterocycles. The molecule has 0 atom stereocenters. The first-order valence-electron chi connectivity index (χ1n) is 10.8. The molecule has 0 bridgehead atoms. The smallest absolute Gasteiger partial charge is 0.276 e. The Labute approximate surface area is 209 Å². The van der Waals surface area contributed by atoms with E-state index in [0.29, 0.717) is 35.1 Å². The molecule has 3 rings (SSSR count). The molecule has 1 amide bonds. The Hall–Kier alpha value is -2.11. The quantitative estimate of drug-likeness (QED) is 0.534. The lowest BCUT2D eigenvalue weighted by molar-refractivity contribution is -0.126. The van der Waals surface area contributed by atoms with Gasteiger partial charge in [-0.2, -0.15) is 12.7 Å². The number of benzene rings is 1. The average molecular weight is 531 g/mol. The van der Waals surface area contributed by atoms with Crippen LogP contribution in [0.25, 0.3) is 0 Å². The molecule has 0 saturated carbocycles. The van der Waals surface area contributed by atoms with Gasteiger partial charge >= 0.3 is 0 Å². The summed E-state index contributed by atoms with van der Waals surface area (Å²) in [6.07, 6.45) is 2.32. The number of nitrogens with one attached hydrogen (secondary N) is 1. The van der Waals surface area contributed by atoms with Crippen LogP contribution in [0.2, 0.25) is 10.0 Å². The zero-order chi connectivity index (χ0) is 25.0. The molecule has 1 saturated heterocycles. The second kappa shape index (κ2) is 11.1. The summed E-state index contributed by atoms with van der Waals surface area (Å²) in [5.41, 5.74) is 1.51. The van der Waals surface area contributed by atoms with Crippen LogP contribution < -0.4 is 19.9 Å². The third-order valence-electron chi connectivity index (χ3n) is 5.66. The number of aromatic nitrogens is 1. The highest BCUT2D eigenvalue weighted by Gasteiger charge is 2.29. The summed E-state index contributed by atoms with van der Waals surface area (Å²) in [5, 5.41) is 8.61. The fourth-order valence-electron chi connectivity index (χ4n) is 3.71. The lowest BCUT2D eigenvalue weighted by Gasteiger charge is -2.29. The predicted octanol–water partition coefficient (Wildman–Crippen LogP) is 3.84. The first-order chi connectivity index (χ1) is 16.0. The molecule has 0 unspecified atom stereocenters. The molecular weight excluding hydrogens is 503 g/mol. The van der Waals surface area contributed by atoms with Crippen LogP contribution in [0.4, 0.5) is 0 Å². The topological polar surface area (TPSA) is 124 Å². The van der Waals surface area contributed by atoms with Gasteiger partial charge in [-0.3, -0.25) is 4.79 Å². The molecule has 0 spiro atoms. The van der Waals surface area contributed by atoms with Crippen LogP contribution in [-0.2, 0) is 21.5 Å². The van der Waals surface area contributed by atoms with Gasteiger partial charge in [0.1, 0.15) is 5.75 Å². The number of nitrogens with two attached hydrogens (primary N) is 1. The van der Waals surface area contributed by atoms with Crippen LogP contribution in [0.5, 0.6) is 17.4 Å². The number of hydrogen-bond acceptors (Lipinski definition) is 6. The van der Waals surface area contributed by atoms with E-state index in [1.165, 1.54) is 10.5 Å². The van der Waals surface area contributed by atoms with Gasteiger partial charge in [-0.15, -0.1) is 0 Å². The lowest BCUT2D eigenvalue weighted by Crippen LogP contribution is -2.45. The van der Waals surface area contributed by atoms with Gasteiger partial charge in [0.05, 0.1) is 23.4 Å². The number of methoxy groups -OCH3 is 1. The molecule has 34 heavy (non-hydrogen) atoms. The van der Waals surface area contributed by atoms with Crippen molar-refractivity contribution in [2.75, 3.05) is 20.2 Å². The normalized spacial score (nSPS) is 15.4. The Morgan fingerprint density at radius 1 is 1.29 bits per heavy atom. The number of nitrogens with zero attached hydrogens (tertiary/aromatic N) is 2. The van der Waals surface area contributed by atoms with Gasteiger partial charge in [-0.05, 0) is 36.5 Å². The molecule has 0 radical (unpaired) electrons. The Morgan fingerprint density at radius 2 is 1.97 bits per heavy atom. The fourth-order valence-corrected chi connectivity index (χ4v) is 4.94. The van der Waals surface area contributed by atoms with Gasteiger partial charge in [0.2, 0.25) is 11.8 Å². The van der Waals surface area contributed by atoms with E-state index in [0.717, 1.165) is 5.56 Å². The van der Waals surface area contributed by atoms with Gasteiger partial charge in [0.25, 0.3) is 10.2 Å². The van der Waals surface area contributed by atoms with Crippen molar-refractivity contribution in [3.05, 3.63) is 45.6 Å². The third-order valence-corrected chi connectivity index (χ3v) is 7.45. The molecule has 2 heterocycles. The van der Waals surface area contributed by atoms with E-state index in [1.54, 1.807) is 19.2 Å². The Balaban J connectivity index is 1.69. The largest absolute Gasteiger partial charge is 0.481 e. The molecule has 186 valence electrons. The first-order valence-corrected chi connectivity index (χ1v) is 13.0.